The lowest BCUT2D eigenvalue weighted by atomic mass is 10.2. The van der Waals surface area contributed by atoms with Gasteiger partial charge in [-0.1, -0.05) is 6.07 Å². The summed E-state index contributed by atoms with van der Waals surface area (Å²) in [5.74, 6) is -0.0665. The van der Waals surface area contributed by atoms with Crippen LogP contribution in [0.25, 0.3) is 0 Å². The van der Waals surface area contributed by atoms with Crippen molar-refractivity contribution in [3.63, 3.8) is 0 Å². The van der Waals surface area contributed by atoms with Gasteiger partial charge in [0.25, 0.3) is 0 Å². The molecule has 0 unspecified atom stereocenters. The maximum Gasteiger partial charge on any atom is 0.221 e. The van der Waals surface area contributed by atoms with E-state index < -0.39 is 0 Å². The molecule has 2 N–H and O–H groups in total. The summed E-state index contributed by atoms with van der Waals surface area (Å²) in [6.07, 6.45) is 0. The average Bonchev–Trinajstić information content (AvgIpc) is 2.23. The van der Waals surface area contributed by atoms with Gasteiger partial charge in [-0.3, -0.25) is 4.79 Å². The van der Waals surface area contributed by atoms with Gasteiger partial charge in [-0.2, -0.15) is 0 Å². The van der Waals surface area contributed by atoms with E-state index in [2.05, 4.69) is 10.6 Å². The molecule has 0 aliphatic rings. The molecule has 0 bridgehead atoms. The van der Waals surface area contributed by atoms with Crippen molar-refractivity contribution in [3.05, 3.63) is 24.3 Å². The van der Waals surface area contributed by atoms with E-state index >= 15 is 0 Å². The summed E-state index contributed by atoms with van der Waals surface area (Å²) in [6, 6.07) is 7.62. The Morgan fingerprint density at radius 2 is 1.94 bits per heavy atom. The summed E-state index contributed by atoms with van der Waals surface area (Å²) in [5, 5.41) is 6.00. The quantitative estimate of drug-likeness (QED) is 0.790. The SMILES string of the molecule is CC(=O)Nc1cccc(NCCOC(C)(C)C)c1. The standard InChI is InChI=1S/C14H22N2O2/c1-11(17)16-13-7-5-6-12(10-13)15-8-9-18-14(2,3)4/h5-7,10,15H,8-9H2,1-4H3,(H,16,17). The summed E-state index contributed by atoms with van der Waals surface area (Å²) in [5.41, 5.74) is 1.66. The van der Waals surface area contributed by atoms with Crippen LogP contribution in [0.3, 0.4) is 0 Å². The molecule has 18 heavy (non-hydrogen) atoms. The van der Waals surface area contributed by atoms with Crippen LogP contribution >= 0.6 is 0 Å². The number of benzene rings is 1. The lowest BCUT2D eigenvalue weighted by Crippen LogP contribution is -2.23. The van der Waals surface area contributed by atoms with Crippen LogP contribution in [0.5, 0.6) is 0 Å². The summed E-state index contributed by atoms with van der Waals surface area (Å²) in [6.45, 7) is 8.98. The largest absolute Gasteiger partial charge is 0.383 e. The summed E-state index contributed by atoms with van der Waals surface area (Å²) in [7, 11) is 0. The topological polar surface area (TPSA) is 50.4 Å². The van der Waals surface area contributed by atoms with E-state index in [4.69, 9.17) is 4.74 Å². The van der Waals surface area contributed by atoms with Crippen LogP contribution in [0.2, 0.25) is 0 Å². The first kappa shape index (κ1) is 14.5. The third-order valence-electron chi connectivity index (χ3n) is 2.15. The highest BCUT2D eigenvalue weighted by atomic mass is 16.5. The molecule has 0 heterocycles. The molecule has 0 atom stereocenters. The molecule has 1 amide bonds. The normalized spacial score (nSPS) is 11.1. The number of hydrogen-bond donors (Lipinski definition) is 2. The third-order valence-corrected chi connectivity index (χ3v) is 2.15. The van der Waals surface area contributed by atoms with Gasteiger partial charge in [0.05, 0.1) is 12.2 Å². The van der Waals surface area contributed by atoms with Gasteiger partial charge in [-0.15, -0.1) is 0 Å². The van der Waals surface area contributed by atoms with E-state index in [1.54, 1.807) is 0 Å². The van der Waals surface area contributed by atoms with Crippen molar-refractivity contribution in [2.45, 2.75) is 33.3 Å². The van der Waals surface area contributed by atoms with Gasteiger partial charge in [0, 0.05) is 24.8 Å². The molecule has 0 spiro atoms. The Balaban J connectivity index is 2.40. The fourth-order valence-corrected chi connectivity index (χ4v) is 1.46. The zero-order chi connectivity index (χ0) is 13.6. The van der Waals surface area contributed by atoms with Crippen LogP contribution in [-0.4, -0.2) is 24.7 Å². The third kappa shape index (κ3) is 6.25. The lowest BCUT2D eigenvalue weighted by molar-refractivity contribution is -0.114. The van der Waals surface area contributed by atoms with E-state index in [0.29, 0.717) is 6.61 Å². The van der Waals surface area contributed by atoms with Gasteiger partial charge < -0.3 is 15.4 Å². The Bertz CT molecular complexity index is 397. The monoisotopic (exact) mass is 250 g/mol. The number of ether oxygens (including phenoxy) is 1. The molecule has 0 saturated carbocycles. The molecule has 4 nitrogen and oxygen atoms in total. The van der Waals surface area contributed by atoms with Crippen LogP contribution < -0.4 is 10.6 Å². The molecule has 1 aromatic rings. The first-order valence-electron chi connectivity index (χ1n) is 6.12. The minimum absolute atomic E-state index is 0.0665. The maximum atomic E-state index is 10.9. The molecule has 1 aromatic carbocycles. The van der Waals surface area contributed by atoms with Gasteiger partial charge in [0.1, 0.15) is 0 Å². The molecular weight excluding hydrogens is 228 g/mol. The van der Waals surface area contributed by atoms with Gasteiger partial charge in [-0.05, 0) is 39.0 Å². The van der Waals surface area contributed by atoms with E-state index in [0.717, 1.165) is 17.9 Å². The van der Waals surface area contributed by atoms with Crippen LogP contribution in [0.1, 0.15) is 27.7 Å². The van der Waals surface area contributed by atoms with Crippen molar-refractivity contribution in [2.24, 2.45) is 0 Å². The number of carbonyl (C=O) groups excluding carboxylic acids is 1. The molecular formula is C14H22N2O2. The Kier molecular flexibility index (Phi) is 5.16. The zero-order valence-electron chi connectivity index (χ0n) is 11.5. The fourth-order valence-electron chi connectivity index (χ4n) is 1.46. The van der Waals surface area contributed by atoms with Gasteiger partial charge in [-0.25, -0.2) is 0 Å². The number of rotatable bonds is 5. The maximum absolute atomic E-state index is 10.9. The van der Waals surface area contributed by atoms with Crippen LogP contribution in [0, 0.1) is 0 Å². The van der Waals surface area contributed by atoms with Gasteiger partial charge in [0.2, 0.25) is 5.91 Å². The minimum Gasteiger partial charge on any atom is -0.383 e. The molecule has 100 valence electrons. The fraction of sp³-hybridized carbons (Fsp3) is 0.500. The second-order valence-electron chi connectivity index (χ2n) is 5.15. The van der Waals surface area contributed by atoms with Crippen molar-refractivity contribution in [3.8, 4) is 0 Å². The Hall–Kier alpha value is -1.55. The number of amides is 1. The van der Waals surface area contributed by atoms with Gasteiger partial charge in [0.15, 0.2) is 0 Å². The van der Waals surface area contributed by atoms with Crippen LogP contribution in [0.4, 0.5) is 11.4 Å². The molecule has 0 saturated heterocycles. The number of nitrogens with one attached hydrogen (secondary N) is 2. The van der Waals surface area contributed by atoms with Crippen molar-refractivity contribution in [2.75, 3.05) is 23.8 Å². The van der Waals surface area contributed by atoms with Crippen molar-refractivity contribution in [1.82, 2.24) is 0 Å². The minimum atomic E-state index is -0.111. The predicted molar refractivity (Wildman–Crippen MR) is 74.9 cm³/mol. The molecule has 0 aliphatic heterocycles. The van der Waals surface area contributed by atoms with E-state index in [9.17, 15) is 4.79 Å². The number of anilines is 2. The van der Waals surface area contributed by atoms with E-state index in [1.807, 2.05) is 45.0 Å². The predicted octanol–water partition coefficient (Wildman–Crippen LogP) is 2.87. The summed E-state index contributed by atoms with van der Waals surface area (Å²) < 4.78 is 5.61. The van der Waals surface area contributed by atoms with Crippen LogP contribution in [0.15, 0.2) is 24.3 Å². The Labute approximate surface area is 109 Å². The Morgan fingerprint density at radius 1 is 1.28 bits per heavy atom. The molecule has 0 aliphatic carbocycles. The van der Waals surface area contributed by atoms with E-state index in [1.165, 1.54) is 6.92 Å². The summed E-state index contributed by atoms with van der Waals surface area (Å²) in [4.78, 5) is 10.9. The van der Waals surface area contributed by atoms with Crippen molar-refractivity contribution in [1.29, 1.82) is 0 Å². The number of carbonyl (C=O) groups is 1. The zero-order valence-corrected chi connectivity index (χ0v) is 11.5. The molecule has 1 rings (SSSR count). The molecule has 0 fully saturated rings. The van der Waals surface area contributed by atoms with Crippen LogP contribution in [-0.2, 0) is 9.53 Å². The first-order valence-corrected chi connectivity index (χ1v) is 6.12. The van der Waals surface area contributed by atoms with E-state index in [-0.39, 0.29) is 11.5 Å². The smallest absolute Gasteiger partial charge is 0.221 e. The second-order valence-corrected chi connectivity index (χ2v) is 5.15. The average molecular weight is 250 g/mol. The molecule has 4 heteroatoms. The van der Waals surface area contributed by atoms with Crippen molar-refractivity contribution < 1.29 is 9.53 Å². The first-order chi connectivity index (χ1) is 8.37. The summed E-state index contributed by atoms with van der Waals surface area (Å²) >= 11 is 0. The lowest BCUT2D eigenvalue weighted by Gasteiger charge is -2.19. The Morgan fingerprint density at radius 3 is 2.56 bits per heavy atom. The number of hydrogen-bond acceptors (Lipinski definition) is 3. The highest BCUT2D eigenvalue weighted by Crippen LogP contribution is 2.15. The highest BCUT2D eigenvalue weighted by molar-refractivity contribution is 5.89. The molecule has 0 radical (unpaired) electrons. The second kappa shape index (κ2) is 6.40. The molecule has 0 aromatic heterocycles. The highest BCUT2D eigenvalue weighted by Gasteiger charge is 2.08. The van der Waals surface area contributed by atoms with Crippen molar-refractivity contribution >= 4 is 17.3 Å². The van der Waals surface area contributed by atoms with Gasteiger partial charge >= 0.3 is 0 Å².